The van der Waals surface area contributed by atoms with E-state index in [0.29, 0.717) is 5.56 Å². The Labute approximate surface area is 196 Å². The van der Waals surface area contributed by atoms with Crippen LogP contribution in [0.25, 0.3) is 0 Å². The summed E-state index contributed by atoms with van der Waals surface area (Å²) in [6.45, 7) is 5.65. The number of fused-ring (bicyclic) bond motifs is 1. The molecule has 0 aromatic heterocycles. The van der Waals surface area contributed by atoms with Crippen molar-refractivity contribution in [1.29, 1.82) is 0 Å². The quantitative estimate of drug-likeness (QED) is 0.264. The largest absolute Gasteiger partial charge is 0.513 e. The molecule has 178 valence electrons. The third kappa shape index (κ3) is 5.40. The van der Waals surface area contributed by atoms with Gasteiger partial charge in [-0.25, -0.2) is 4.79 Å². The van der Waals surface area contributed by atoms with Gasteiger partial charge in [-0.05, 0) is 63.2 Å². The molecule has 1 aliphatic rings. The lowest BCUT2D eigenvalue weighted by atomic mass is 10.1. The maximum Gasteiger partial charge on any atom is 0.513 e. The van der Waals surface area contributed by atoms with Gasteiger partial charge in [-0.2, -0.15) is 0 Å². The van der Waals surface area contributed by atoms with Crippen molar-refractivity contribution in [3.05, 3.63) is 64.7 Å². The molecule has 0 saturated carbocycles. The fourth-order valence-electron chi connectivity index (χ4n) is 3.34. The van der Waals surface area contributed by atoms with Crippen molar-refractivity contribution in [3.63, 3.8) is 0 Å². The molecule has 2 N–H and O–H groups in total. The second kappa shape index (κ2) is 10.6. The summed E-state index contributed by atoms with van der Waals surface area (Å²) in [6.07, 6.45) is -0.827. The predicted molar refractivity (Wildman–Crippen MR) is 121 cm³/mol. The standard InChI is InChI=1S/C24H25N3O7/c1-4-33-24(32)34-17-8-5-15(6-9-17)20(28)25-11-12-26-21(29)16-7-10-18-19(13-16)23(31)27(14(2)3)22(18)30/h5-10,13-14H,4,11-12H2,1-3H3,(H,25,28)(H,26,29). The molecule has 0 spiro atoms. The van der Waals surface area contributed by atoms with Crippen LogP contribution in [0.3, 0.4) is 0 Å². The van der Waals surface area contributed by atoms with E-state index in [1.54, 1.807) is 20.8 Å². The first-order valence-electron chi connectivity index (χ1n) is 10.8. The van der Waals surface area contributed by atoms with E-state index in [1.807, 2.05) is 0 Å². The lowest BCUT2D eigenvalue weighted by molar-refractivity contribution is 0.0608. The molecule has 1 aliphatic heterocycles. The van der Waals surface area contributed by atoms with Gasteiger partial charge in [0.1, 0.15) is 5.75 Å². The first-order chi connectivity index (χ1) is 16.2. The van der Waals surface area contributed by atoms with Gasteiger partial charge >= 0.3 is 6.16 Å². The third-order valence-electron chi connectivity index (χ3n) is 4.97. The predicted octanol–water partition coefficient (Wildman–Crippen LogP) is 2.39. The molecule has 0 atom stereocenters. The summed E-state index contributed by atoms with van der Waals surface area (Å²) in [5.41, 5.74) is 1.07. The van der Waals surface area contributed by atoms with Crippen molar-refractivity contribution >= 4 is 29.8 Å². The van der Waals surface area contributed by atoms with Gasteiger partial charge in [0, 0.05) is 30.3 Å². The molecule has 0 aliphatic carbocycles. The van der Waals surface area contributed by atoms with Crippen molar-refractivity contribution in [1.82, 2.24) is 15.5 Å². The van der Waals surface area contributed by atoms with E-state index in [-0.39, 0.29) is 60.0 Å². The number of carbonyl (C=O) groups is 5. The van der Waals surface area contributed by atoms with E-state index in [2.05, 4.69) is 15.4 Å². The minimum absolute atomic E-state index is 0.150. The van der Waals surface area contributed by atoms with Gasteiger partial charge in [0.2, 0.25) is 0 Å². The number of carbonyl (C=O) groups excluding carboxylic acids is 5. The summed E-state index contributed by atoms with van der Waals surface area (Å²) in [4.78, 5) is 62.0. The van der Waals surface area contributed by atoms with E-state index in [4.69, 9.17) is 4.74 Å². The Hall–Kier alpha value is -4.21. The molecule has 0 radical (unpaired) electrons. The topological polar surface area (TPSA) is 131 Å². The highest BCUT2D eigenvalue weighted by molar-refractivity contribution is 6.22. The molecule has 1 heterocycles. The summed E-state index contributed by atoms with van der Waals surface area (Å²) in [5.74, 6) is -1.35. The normalized spacial score (nSPS) is 12.4. The summed E-state index contributed by atoms with van der Waals surface area (Å²) < 4.78 is 9.61. The number of ether oxygens (including phenoxy) is 2. The van der Waals surface area contributed by atoms with Gasteiger partial charge in [0.05, 0.1) is 17.7 Å². The minimum atomic E-state index is -0.827. The second-order valence-corrected chi connectivity index (χ2v) is 7.66. The Morgan fingerprint density at radius 1 is 0.853 bits per heavy atom. The van der Waals surface area contributed by atoms with Gasteiger partial charge in [-0.3, -0.25) is 24.1 Å². The number of hydrogen-bond donors (Lipinski definition) is 2. The molecule has 0 fully saturated rings. The maximum absolute atomic E-state index is 12.5. The molecule has 0 bridgehead atoms. The zero-order chi connectivity index (χ0) is 24.8. The Kier molecular flexibility index (Phi) is 7.62. The summed E-state index contributed by atoms with van der Waals surface area (Å²) in [6, 6.07) is 10.0. The van der Waals surface area contributed by atoms with Gasteiger partial charge < -0.3 is 20.1 Å². The van der Waals surface area contributed by atoms with Crippen molar-refractivity contribution in [3.8, 4) is 5.75 Å². The number of nitrogens with one attached hydrogen (secondary N) is 2. The van der Waals surface area contributed by atoms with Crippen LogP contribution in [-0.4, -0.2) is 60.4 Å². The first-order valence-corrected chi connectivity index (χ1v) is 10.8. The molecule has 0 saturated heterocycles. The minimum Gasteiger partial charge on any atom is -0.434 e. The number of nitrogens with zero attached hydrogens (tertiary/aromatic N) is 1. The van der Waals surface area contributed by atoms with Crippen molar-refractivity contribution in [2.75, 3.05) is 19.7 Å². The van der Waals surface area contributed by atoms with Crippen LogP contribution >= 0.6 is 0 Å². The van der Waals surface area contributed by atoms with Crippen LogP contribution in [0.2, 0.25) is 0 Å². The fraction of sp³-hybridized carbons (Fsp3) is 0.292. The van der Waals surface area contributed by atoms with Crippen LogP contribution in [0.15, 0.2) is 42.5 Å². The molecule has 3 rings (SSSR count). The number of imide groups is 1. The Balaban J connectivity index is 1.49. The average molecular weight is 467 g/mol. The summed E-state index contributed by atoms with van der Waals surface area (Å²) in [5, 5.41) is 5.33. The number of hydrogen-bond acceptors (Lipinski definition) is 7. The zero-order valence-electron chi connectivity index (χ0n) is 19.0. The molecule has 2 aromatic carbocycles. The van der Waals surface area contributed by atoms with Crippen LogP contribution in [0.4, 0.5) is 4.79 Å². The van der Waals surface area contributed by atoms with Gasteiger partial charge in [0.25, 0.3) is 23.6 Å². The third-order valence-corrected chi connectivity index (χ3v) is 4.97. The highest BCUT2D eigenvalue weighted by Crippen LogP contribution is 2.25. The number of benzene rings is 2. The zero-order valence-corrected chi connectivity index (χ0v) is 19.0. The van der Waals surface area contributed by atoms with Crippen LogP contribution in [0.1, 0.15) is 62.2 Å². The lowest BCUT2D eigenvalue weighted by Crippen LogP contribution is -2.36. The highest BCUT2D eigenvalue weighted by Gasteiger charge is 2.37. The van der Waals surface area contributed by atoms with Gasteiger partial charge in [0.15, 0.2) is 0 Å². The van der Waals surface area contributed by atoms with Gasteiger partial charge in [-0.1, -0.05) is 0 Å². The second-order valence-electron chi connectivity index (χ2n) is 7.66. The Morgan fingerprint density at radius 2 is 1.41 bits per heavy atom. The Morgan fingerprint density at radius 3 is 2.00 bits per heavy atom. The van der Waals surface area contributed by atoms with Crippen LogP contribution < -0.4 is 15.4 Å². The van der Waals surface area contributed by atoms with Crippen LogP contribution in [-0.2, 0) is 4.74 Å². The monoisotopic (exact) mass is 467 g/mol. The SMILES string of the molecule is CCOC(=O)Oc1ccc(C(=O)NCCNC(=O)c2ccc3c(c2)C(=O)N(C(C)C)C3=O)cc1. The average Bonchev–Trinajstić information content (AvgIpc) is 3.06. The molecule has 0 unspecified atom stereocenters. The highest BCUT2D eigenvalue weighted by atomic mass is 16.7. The van der Waals surface area contributed by atoms with Crippen LogP contribution in [0.5, 0.6) is 5.75 Å². The molecule has 34 heavy (non-hydrogen) atoms. The molecule has 2 aromatic rings. The van der Waals surface area contributed by atoms with Crippen molar-refractivity contribution in [2.45, 2.75) is 26.8 Å². The van der Waals surface area contributed by atoms with Crippen molar-refractivity contribution < 1.29 is 33.4 Å². The van der Waals surface area contributed by atoms with E-state index in [1.165, 1.54) is 42.5 Å². The van der Waals surface area contributed by atoms with Crippen molar-refractivity contribution in [2.24, 2.45) is 0 Å². The molecular formula is C24H25N3O7. The number of amides is 4. The Bertz CT molecular complexity index is 1130. The van der Waals surface area contributed by atoms with Crippen LogP contribution in [0, 0.1) is 0 Å². The lowest BCUT2D eigenvalue weighted by Gasteiger charge is -2.17. The molecule has 10 nitrogen and oxygen atoms in total. The van der Waals surface area contributed by atoms with E-state index >= 15 is 0 Å². The number of rotatable bonds is 8. The summed E-state index contributed by atoms with van der Waals surface area (Å²) in [7, 11) is 0. The summed E-state index contributed by atoms with van der Waals surface area (Å²) >= 11 is 0. The fourth-order valence-corrected chi connectivity index (χ4v) is 3.34. The van der Waals surface area contributed by atoms with E-state index < -0.39 is 18.0 Å². The van der Waals surface area contributed by atoms with E-state index in [9.17, 15) is 24.0 Å². The maximum atomic E-state index is 12.5. The molecular weight excluding hydrogens is 442 g/mol. The first kappa shape index (κ1) is 24.4. The molecule has 4 amide bonds. The van der Waals surface area contributed by atoms with Gasteiger partial charge in [-0.15, -0.1) is 0 Å². The molecule has 10 heteroatoms. The van der Waals surface area contributed by atoms with E-state index in [0.717, 1.165) is 4.90 Å². The smallest absolute Gasteiger partial charge is 0.434 e.